The third-order valence-corrected chi connectivity index (χ3v) is 5.53. The van der Waals surface area contributed by atoms with Gasteiger partial charge in [0.2, 0.25) is 11.7 Å². The van der Waals surface area contributed by atoms with E-state index in [1.54, 1.807) is 13.8 Å². The number of rotatable bonds is 5. The molecule has 2 fully saturated rings. The fraction of sp³-hybridized carbons (Fsp3) is 0.682. The molecule has 1 aromatic heterocycles. The van der Waals surface area contributed by atoms with E-state index in [9.17, 15) is 9.59 Å². The number of ether oxygens (including phenoxy) is 2. The van der Waals surface area contributed by atoms with E-state index in [2.05, 4.69) is 29.8 Å². The summed E-state index contributed by atoms with van der Waals surface area (Å²) in [7, 11) is 0. The van der Waals surface area contributed by atoms with Gasteiger partial charge in [-0.2, -0.15) is 0 Å². The van der Waals surface area contributed by atoms with E-state index in [0.29, 0.717) is 26.1 Å². The predicted octanol–water partition coefficient (Wildman–Crippen LogP) is 2.77. The first-order valence-corrected chi connectivity index (χ1v) is 10.5. The lowest BCUT2D eigenvalue weighted by Gasteiger charge is -2.42. The largest absolute Gasteiger partial charge is 0.432 e. The van der Waals surface area contributed by atoms with Gasteiger partial charge in [0.1, 0.15) is 5.82 Å². The highest BCUT2D eigenvalue weighted by Gasteiger charge is 2.49. The zero-order valence-corrected chi connectivity index (χ0v) is 18.3. The van der Waals surface area contributed by atoms with Crippen LogP contribution in [0.15, 0.2) is 18.3 Å². The molecule has 0 aliphatic carbocycles. The number of piperazine rings is 1. The van der Waals surface area contributed by atoms with Gasteiger partial charge in [-0.15, -0.1) is 0 Å². The van der Waals surface area contributed by atoms with Gasteiger partial charge in [-0.3, -0.25) is 4.79 Å². The Hall–Kier alpha value is -2.15. The Labute approximate surface area is 173 Å². The van der Waals surface area contributed by atoms with E-state index in [4.69, 9.17) is 9.47 Å². The molecule has 1 aromatic rings. The Morgan fingerprint density at radius 2 is 2.07 bits per heavy atom. The van der Waals surface area contributed by atoms with Crippen LogP contribution in [0.3, 0.4) is 0 Å². The van der Waals surface area contributed by atoms with E-state index in [-0.39, 0.29) is 17.9 Å². The van der Waals surface area contributed by atoms with Crippen molar-refractivity contribution in [3.05, 3.63) is 23.9 Å². The smallest absolute Gasteiger partial charge is 0.338 e. The normalized spacial score (nSPS) is 25.3. The van der Waals surface area contributed by atoms with Gasteiger partial charge in [-0.25, -0.2) is 9.78 Å². The molecule has 0 N–H and O–H groups in total. The summed E-state index contributed by atoms with van der Waals surface area (Å²) in [5.74, 6) is -0.787. The van der Waals surface area contributed by atoms with Crippen molar-refractivity contribution in [1.82, 2.24) is 9.88 Å². The number of esters is 1. The lowest BCUT2D eigenvalue weighted by Crippen LogP contribution is -2.57. The van der Waals surface area contributed by atoms with Crippen LogP contribution in [0.1, 0.15) is 46.6 Å². The Bertz CT molecular complexity index is 764. The number of carbonyl (C=O) groups is 2. The first-order valence-electron chi connectivity index (χ1n) is 10.5. The Morgan fingerprint density at radius 3 is 2.62 bits per heavy atom. The molecule has 160 valence electrons. The zero-order chi connectivity index (χ0) is 21.3. The molecule has 0 saturated carbocycles. The fourth-order valence-corrected chi connectivity index (χ4v) is 4.19. The van der Waals surface area contributed by atoms with Crippen LogP contribution >= 0.6 is 0 Å². The molecule has 0 radical (unpaired) electrons. The van der Waals surface area contributed by atoms with Crippen LogP contribution in [0.25, 0.3) is 0 Å². The van der Waals surface area contributed by atoms with Crippen LogP contribution in [0.5, 0.6) is 0 Å². The van der Waals surface area contributed by atoms with E-state index in [1.807, 2.05) is 31.0 Å². The van der Waals surface area contributed by atoms with E-state index in [1.165, 1.54) is 0 Å². The second-order valence-electron chi connectivity index (χ2n) is 9.11. The van der Waals surface area contributed by atoms with Crippen LogP contribution in [0.4, 0.5) is 5.82 Å². The zero-order valence-electron chi connectivity index (χ0n) is 18.3. The maximum atomic E-state index is 13.5. The van der Waals surface area contributed by atoms with Gasteiger partial charge >= 0.3 is 5.97 Å². The van der Waals surface area contributed by atoms with Crippen LogP contribution < -0.4 is 4.90 Å². The van der Waals surface area contributed by atoms with Gasteiger partial charge in [-0.1, -0.05) is 13.8 Å². The molecule has 0 spiro atoms. The molecule has 0 aromatic carbocycles. The third kappa shape index (κ3) is 4.89. The molecule has 0 bridgehead atoms. The average Bonchev–Trinajstić information content (AvgIpc) is 2.91. The second-order valence-corrected chi connectivity index (χ2v) is 9.11. The van der Waals surface area contributed by atoms with Crippen LogP contribution in [-0.2, 0) is 19.1 Å². The molecule has 2 aliphatic heterocycles. The summed E-state index contributed by atoms with van der Waals surface area (Å²) in [4.78, 5) is 34.5. The number of hydrogen-bond donors (Lipinski definition) is 0. The lowest BCUT2D eigenvalue weighted by atomic mass is 9.90. The van der Waals surface area contributed by atoms with E-state index < -0.39 is 23.8 Å². The van der Waals surface area contributed by atoms with Crippen molar-refractivity contribution in [2.75, 3.05) is 24.5 Å². The summed E-state index contributed by atoms with van der Waals surface area (Å²) in [5, 5.41) is 0. The van der Waals surface area contributed by atoms with Gasteiger partial charge < -0.3 is 19.3 Å². The van der Waals surface area contributed by atoms with Crippen LogP contribution in [-0.4, -0.2) is 59.3 Å². The van der Waals surface area contributed by atoms with Gasteiger partial charge in [-0.05, 0) is 43.9 Å². The molecule has 29 heavy (non-hydrogen) atoms. The average molecular weight is 404 g/mol. The number of cyclic esters (lactones) is 1. The Balaban J connectivity index is 1.74. The van der Waals surface area contributed by atoms with Crippen LogP contribution in [0, 0.1) is 18.8 Å². The number of hydrogen-bond acceptors (Lipinski definition) is 6. The summed E-state index contributed by atoms with van der Waals surface area (Å²) in [5.41, 5.74) is 1.16. The standard InChI is InChI=1S/C22H33N3O4/c1-14(2)11-17(19-21(27)29-22(5,6)28-19)20(26)25-10-9-24(13-16(25)4)18-12-15(3)7-8-23-18/h7-8,12,14,16-17,19H,9-11,13H2,1-6H3/t16-,17-,19-/m0/s1. The SMILES string of the molecule is Cc1ccnc(N2CCN(C(=O)[C@@H](CC(C)C)[C@@H]3OC(C)(C)OC3=O)[C@@H](C)C2)c1. The predicted molar refractivity (Wildman–Crippen MR) is 110 cm³/mol. The van der Waals surface area contributed by atoms with Crippen molar-refractivity contribution in [2.24, 2.45) is 11.8 Å². The minimum Gasteiger partial charge on any atom is -0.432 e. The maximum absolute atomic E-state index is 13.5. The monoisotopic (exact) mass is 403 g/mol. The van der Waals surface area contributed by atoms with Gasteiger partial charge in [0.25, 0.3) is 0 Å². The topological polar surface area (TPSA) is 72.0 Å². The molecule has 7 nitrogen and oxygen atoms in total. The van der Waals surface area contributed by atoms with Gasteiger partial charge in [0.15, 0.2) is 6.10 Å². The molecule has 3 rings (SSSR count). The van der Waals surface area contributed by atoms with Crippen molar-refractivity contribution in [1.29, 1.82) is 0 Å². The van der Waals surface area contributed by atoms with Gasteiger partial charge in [0.05, 0.1) is 5.92 Å². The number of nitrogens with zero attached hydrogens (tertiary/aromatic N) is 3. The molecule has 3 atom stereocenters. The van der Waals surface area contributed by atoms with Gasteiger partial charge in [0, 0.05) is 45.7 Å². The highest BCUT2D eigenvalue weighted by atomic mass is 16.8. The van der Waals surface area contributed by atoms with E-state index >= 15 is 0 Å². The molecule has 3 heterocycles. The quantitative estimate of drug-likeness (QED) is 0.704. The molecular formula is C22H33N3O4. The van der Waals surface area contributed by atoms with E-state index in [0.717, 1.165) is 11.4 Å². The third-order valence-electron chi connectivity index (χ3n) is 5.53. The van der Waals surface area contributed by atoms with Crippen molar-refractivity contribution < 1.29 is 19.1 Å². The number of aryl methyl sites for hydroxylation is 1. The maximum Gasteiger partial charge on any atom is 0.338 e. The van der Waals surface area contributed by atoms with Crippen molar-refractivity contribution in [3.63, 3.8) is 0 Å². The molecule has 0 unspecified atom stereocenters. The minimum atomic E-state index is -0.988. The summed E-state index contributed by atoms with van der Waals surface area (Å²) in [6.07, 6.45) is 1.56. The molecule has 7 heteroatoms. The summed E-state index contributed by atoms with van der Waals surface area (Å²) < 4.78 is 11.2. The number of pyridine rings is 1. The first-order chi connectivity index (χ1) is 13.6. The molecule has 1 amide bonds. The van der Waals surface area contributed by atoms with Crippen molar-refractivity contribution >= 4 is 17.7 Å². The number of carbonyl (C=O) groups excluding carboxylic acids is 2. The van der Waals surface area contributed by atoms with Crippen molar-refractivity contribution in [2.45, 2.75) is 65.9 Å². The minimum absolute atomic E-state index is 0.0126. The van der Waals surface area contributed by atoms with Crippen LogP contribution in [0.2, 0.25) is 0 Å². The number of aromatic nitrogens is 1. The number of amides is 1. The Morgan fingerprint density at radius 1 is 1.34 bits per heavy atom. The second kappa shape index (κ2) is 8.30. The molecule has 2 aliphatic rings. The molecule has 2 saturated heterocycles. The number of anilines is 1. The molecular weight excluding hydrogens is 370 g/mol. The fourth-order valence-electron chi connectivity index (χ4n) is 4.19. The summed E-state index contributed by atoms with van der Waals surface area (Å²) in [6, 6.07) is 4.06. The Kier molecular flexibility index (Phi) is 6.17. The first kappa shape index (κ1) is 21.6. The summed E-state index contributed by atoms with van der Waals surface area (Å²) >= 11 is 0. The lowest BCUT2D eigenvalue weighted by molar-refractivity contribution is -0.163. The summed E-state index contributed by atoms with van der Waals surface area (Å²) in [6.45, 7) is 13.6. The highest BCUT2D eigenvalue weighted by molar-refractivity contribution is 5.88. The van der Waals surface area contributed by atoms with Crippen molar-refractivity contribution in [3.8, 4) is 0 Å². The highest BCUT2D eigenvalue weighted by Crippen LogP contribution is 2.33.